The lowest BCUT2D eigenvalue weighted by atomic mass is 10.1. The number of nitrogens with one attached hydrogen (secondary N) is 2. The maximum absolute atomic E-state index is 6.15. The molecular formula is C20H23N5O. The minimum Gasteiger partial charge on any atom is -0.490 e. The maximum atomic E-state index is 6.15. The van der Waals surface area contributed by atoms with Gasteiger partial charge in [-0.2, -0.15) is 0 Å². The van der Waals surface area contributed by atoms with Crippen LogP contribution in [0.1, 0.15) is 24.4 Å². The number of ether oxygens (including phenoxy) is 1. The third kappa shape index (κ3) is 3.91. The summed E-state index contributed by atoms with van der Waals surface area (Å²) in [5, 5.41) is 8.81. The molecule has 2 N–H and O–H groups in total. The van der Waals surface area contributed by atoms with Crippen LogP contribution in [0.15, 0.2) is 36.5 Å². The van der Waals surface area contributed by atoms with Crippen molar-refractivity contribution in [3.05, 3.63) is 48.0 Å². The standard InChI is InChI=1S/C20H23N5O/c1-13-9-20(24-14(2)23-13)25-19-11-16-10-18(4-3-15(16)12-22-19)26-17-5-7-21-8-6-17/h3-4,9-12,17,21H,5-8H2,1-2H3,(H,22,23,24,25). The molecular weight excluding hydrogens is 326 g/mol. The average molecular weight is 349 g/mol. The minimum atomic E-state index is 0.292. The Bertz CT molecular complexity index is 901. The predicted octanol–water partition coefficient (Wildman–Crippen LogP) is 3.52. The van der Waals surface area contributed by atoms with Gasteiger partial charge >= 0.3 is 0 Å². The van der Waals surface area contributed by atoms with E-state index < -0.39 is 0 Å². The molecule has 2 aromatic heterocycles. The van der Waals surface area contributed by atoms with Gasteiger partial charge in [-0.15, -0.1) is 0 Å². The van der Waals surface area contributed by atoms with Crippen molar-refractivity contribution in [2.45, 2.75) is 32.8 Å². The van der Waals surface area contributed by atoms with Gasteiger partial charge in [-0.3, -0.25) is 0 Å². The van der Waals surface area contributed by atoms with Crippen LogP contribution in [0.5, 0.6) is 5.75 Å². The van der Waals surface area contributed by atoms with E-state index in [2.05, 4.69) is 37.7 Å². The molecule has 0 saturated carbocycles. The average Bonchev–Trinajstić information content (AvgIpc) is 2.61. The van der Waals surface area contributed by atoms with Crippen LogP contribution in [0.25, 0.3) is 10.8 Å². The topological polar surface area (TPSA) is 72.0 Å². The molecule has 0 spiro atoms. The van der Waals surface area contributed by atoms with Gasteiger partial charge in [-0.05, 0) is 69.4 Å². The summed E-state index contributed by atoms with van der Waals surface area (Å²) in [6.07, 6.45) is 4.26. The Kier molecular flexibility index (Phi) is 4.67. The van der Waals surface area contributed by atoms with Crippen LogP contribution < -0.4 is 15.4 Å². The van der Waals surface area contributed by atoms with Crippen LogP contribution in [0.2, 0.25) is 0 Å². The normalized spacial score (nSPS) is 15.2. The van der Waals surface area contributed by atoms with Gasteiger partial charge in [0.1, 0.15) is 29.3 Å². The third-order valence-electron chi connectivity index (χ3n) is 4.50. The molecule has 0 atom stereocenters. The van der Waals surface area contributed by atoms with Crippen molar-refractivity contribution >= 4 is 22.4 Å². The van der Waals surface area contributed by atoms with Crippen molar-refractivity contribution in [2.75, 3.05) is 18.4 Å². The molecule has 0 amide bonds. The molecule has 26 heavy (non-hydrogen) atoms. The summed E-state index contributed by atoms with van der Waals surface area (Å²) < 4.78 is 6.15. The quantitative estimate of drug-likeness (QED) is 0.751. The molecule has 3 aromatic rings. The number of nitrogens with zero attached hydrogens (tertiary/aromatic N) is 3. The number of pyridine rings is 1. The molecule has 1 fully saturated rings. The lowest BCUT2D eigenvalue weighted by Crippen LogP contribution is -2.34. The second-order valence-corrected chi connectivity index (χ2v) is 6.71. The predicted molar refractivity (Wildman–Crippen MR) is 103 cm³/mol. The SMILES string of the molecule is Cc1cc(Nc2cc3cc(OC4CCNCC4)ccc3cn2)nc(C)n1. The fraction of sp³-hybridized carbons (Fsp3) is 0.350. The van der Waals surface area contributed by atoms with Crippen molar-refractivity contribution in [3.8, 4) is 5.75 Å². The van der Waals surface area contributed by atoms with Gasteiger partial charge < -0.3 is 15.4 Å². The molecule has 0 radical (unpaired) electrons. The molecule has 4 rings (SSSR count). The number of fused-ring (bicyclic) bond motifs is 1. The summed E-state index contributed by atoms with van der Waals surface area (Å²) in [5.74, 6) is 3.17. The van der Waals surface area contributed by atoms with Crippen LogP contribution in [-0.4, -0.2) is 34.1 Å². The molecule has 134 valence electrons. The molecule has 6 nitrogen and oxygen atoms in total. The first-order valence-electron chi connectivity index (χ1n) is 9.02. The highest BCUT2D eigenvalue weighted by Gasteiger charge is 2.14. The lowest BCUT2D eigenvalue weighted by molar-refractivity contribution is 0.162. The summed E-state index contributed by atoms with van der Waals surface area (Å²) in [5.41, 5.74) is 0.929. The summed E-state index contributed by atoms with van der Waals surface area (Å²) in [6, 6.07) is 10.1. The molecule has 3 heterocycles. The zero-order valence-electron chi connectivity index (χ0n) is 15.1. The van der Waals surface area contributed by atoms with Gasteiger partial charge in [-0.1, -0.05) is 0 Å². The first kappa shape index (κ1) is 16.7. The van der Waals surface area contributed by atoms with E-state index in [1.165, 1.54) is 0 Å². The molecule has 1 aliphatic heterocycles. The Morgan fingerprint density at radius 2 is 1.85 bits per heavy atom. The molecule has 0 unspecified atom stereocenters. The van der Waals surface area contributed by atoms with Crippen LogP contribution in [0, 0.1) is 13.8 Å². The smallest absolute Gasteiger partial charge is 0.135 e. The van der Waals surface area contributed by atoms with Crippen LogP contribution >= 0.6 is 0 Å². The highest BCUT2D eigenvalue weighted by atomic mass is 16.5. The molecule has 1 aromatic carbocycles. The van der Waals surface area contributed by atoms with Gasteiger partial charge in [0.25, 0.3) is 0 Å². The van der Waals surface area contributed by atoms with E-state index in [-0.39, 0.29) is 0 Å². The van der Waals surface area contributed by atoms with Crippen molar-refractivity contribution in [2.24, 2.45) is 0 Å². The Morgan fingerprint density at radius 1 is 1.00 bits per heavy atom. The second kappa shape index (κ2) is 7.25. The Hall–Kier alpha value is -2.73. The van der Waals surface area contributed by atoms with Gasteiger partial charge in [-0.25, -0.2) is 15.0 Å². The lowest BCUT2D eigenvalue weighted by Gasteiger charge is -2.24. The van der Waals surface area contributed by atoms with Crippen LogP contribution in [0.4, 0.5) is 11.6 Å². The molecule has 0 bridgehead atoms. The second-order valence-electron chi connectivity index (χ2n) is 6.71. The molecule has 1 saturated heterocycles. The number of anilines is 2. The molecule has 0 aliphatic carbocycles. The van der Waals surface area contributed by atoms with Gasteiger partial charge in [0, 0.05) is 23.3 Å². The number of rotatable bonds is 4. The minimum absolute atomic E-state index is 0.292. The number of hydrogen-bond acceptors (Lipinski definition) is 6. The van der Waals surface area contributed by atoms with Crippen molar-refractivity contribution in [3.63, 3.8) is 0 Å². The van der Waals surface area contributed by atoms with E-state index in [0.717, 1.165) is 65.6 Å². The van der Waals surface area contributed by atoms with Crippen LogP contribution in [-0.2, 0) is 0 Å². The zero-order valence-corrected chi connectivity index (χ0v) is 15.1. The van der Waals surface area contributed by atoms with Gasteiger partial charge in [0.2, 0.25) is 0 Å². The highest BCUT2D eigenvalue weighted by molar-refractivity contribution is 5.85. The van der Waals surface area contributed by atoms with E-state index in [0.29, 0.717) is 6.10 Å². The summed E-state index contributed by atoms with van der Waals surface area (Å²) in [6.45, 7) is 5.89. The summed E-state index contributed by atoms with van der Waals surface area (Å²) in [7, 11) is 0. The van der Waals surface area contributed by atoms with Crippen LogP contribution in [0.3, 0.4) is 0 Å². The number of aromatic nitrogens is 3. The first-order valence-corrected chi connectivity index (χ1v) is 9.02. The zero-order chi connectivity index (χ0) is 17.9. The molecule has 6 heteroatoms. The summed E-state index contributed by atoms with van der Waals surface area (Å²) in [4.78, 5) is 13.2. The number of aryl methyl sites for hydroxylation is 2. The van der Waals surface area contributed by atoms with E-state index in [4.69, 9.17) is 4.74 Å². The van der Waals surface area contributed by atoms with E-state index in [1.807, 2.05) is 38.2 Å². The first-order chi connectivity index (χ1) is 12.7. The van der Waals surface area contributed by atoms with E-state index in [9.17, 15) is 0 Å². The van der Waals surface area contributed by atoms with Gasteiger partial charge in [0.05, 0.1) is 0 Å². The van der Waals surface area contributed by atoms with Crippen molar-refractivity contribution < 1.29 is 4.74 Å². The number of benzene rings is 1. The van der Waals surface area contributed by atoms with E-state index >= 15 is 0 Å². The molecule has 1 aliphatic rings. The monoisotopic (exact) mass is 349 g/mol. The van der Waals surface area contributed by atoms with Crippen molar-refractivity contribution in [1.29, 1.82) is 0 Å². The third-order valence-corrected chi connectivity index (χ3v) is 4.50. The largest absolute Gasteiger partial charge is 0.490 e. The highest BCUT2D eigenvalue weighted by Crippen LogP contribution is 2.25. The van der Waals surface area contributed by atoms with E-state index in [1.54, 1.807) is 0 Å². The fourth-order valence-electron chi connectivity index (χ4n) is 3.28. The van der Waals surface area contributed by atoms with Gasteiger partial charge in [0.15, 0.2) is 0 Å². The number of hydrogen-bond donors (Lipinski definition) is 2. The fourth-order valence-corrected chi connectivity index (χ4v) is 3.28. The number of piperidine rings is 1. The Morgan fingerprint density at radius 3 is 2.65 bits per heavy atom. The summed E-state index contributed by atoms with van der Waals surface area (Å²) >= 11 is 0. The Balaban J connectivity index is 1.56. The Labute approximate surface area is 153 Å². The van der Waals surface area contributed by atoms with Crippen molar-refractivity contribution in [1.82, 2.24) is 20.3 Å². The maximum Gasteiger partial charge on any atom is 0.135 e.